The minimum Gasteiger partial charge on any atom is -0.382 e. The highest BCUT2D eigenvalue weighted by Crippen LogP contribution is 2.05. The van der Waals surface area contributed by atoms with Crippen LogP contribution in [-0.4, -0.2) is 45.9 Å². The van der Waals surface area contributed by atoms with Gasteiger partial charge in [0.05, 0.1) is 19.8 Å². The molecule has 0 aromatic carbocycles. The molecule has 4 heteroatoms. The first-order valence-corrected chi connectivity index (χ1v) is 6.18. The van der Waals surface area contributed by atoms with Crippen LogP contribution in [0.4, 0.5) is 0 Å². The predicted octanol–water partition coefficient (Wildman–Crippen LogP) is 1.89. The van der Waals surface area contributed by atoms with Crippen molar-refractivity contribution in [1.29, 1.82) is 0 Å². The molecular formula is C11H24ClNO2. The molecule has 0 amide bonds. The van der Waals surface area contributed by atoms with E-state index >= 15 is 0 Å². The summed E-state index contributed by atoms with van der Waals surface area (Å²) < 4.78 is 10.2. The van der Waals surface area contributed by atoms with Gasteiger partial charge in [0.25, 0.3) is 0 Å². The lowest BCUT2D eigenvalue weighted by molar-refractivity contribution is 0.0720. The van der Waals surface area contributed by atoms with Gasteiger partial charge in [0.15, 0.2) is 0 Å². The number of hydrogen-bond donors (Lipinski definition) is 1. The third-order valence-electron chi connectivity index (χ3n) is 2.17. The Morgan fingerprint density at radius 1 is 1.20 bits per heavy atom. The summed E-state index contributed by atoms with van der Waals surface area (Å²) in [5.74, 6) is 1.39. The minimum absolute atomic E-state index is 0.631. The minimum atomic E-state index is 0.631. The van der Waals surface area contributed by atoms with Crippen LogP contribution in [0, 0.1) is 5.92 Å². The average molecular weight is 238 g/mol. The lowest BCUT2D eigenvalue weighted by atomic mass is 10.1. The predicted molar refractivity (Wildman–Crippen MR) is 64.7 cm³/mol. The van der Waals surface area contributed by atoms with Crippen molar-refractivity contribution in [2.24, 2.45) is 5.92 Å². The fourth-order valence-corrected chi connectivity index (χ4v) is 1.32. The molecule has 15 heavy (non-hydrogen) atoms. The number of hydrogen-bond acceptors (Lipinski definition) is 3. The van der Waals surface area contributed by atoms with E-state index < -0.39 is 0 Å². The number of nitrogens with one attached hydrogen (secondary N) is 1. The lowest BCUT2D eigenvalue weighted by Gasteiger charge is -2.08. The Bertz CT molecular complexity index is 125. The highest BCUT2D eigenvalue weighted by molar-refractivity contribution is 6.18. The molecule has 0 fully saturated rings. The van der Waals surface area contributed by atoms with Gasteiger partial charge >= 0.3 is 0 Å². The van der Waals surface area contributed by atoms with Gasteiger partial charge in [-0.25, -0.2) is 0 Å². The summed E-state index contributed by atoms with van der Waals surface area (Å²) in [6, 6.07) is 0. The van der Waals surface area contributed by atoms with E-state index in [2.05, 4.69) is 12.2 Å². The van der Waals surface area contributed by atoms with Crippen molar-refractivity contribution >= 4 is 11.6 Å². The molecule has 0 aromatic rings. The molecule has 0 aliphatic heterocycles. The SMILES string of the molecule is COCCOCCNCCCC(C)CCl. The first-order valence-electron chi connectivity index (χ1n) is 5.64. The van der Waals surface area contributed by atoms with Gasteiger partial charge in [0.1, 0.15) is 0 Å². The number of methoxy groups -OCH3 is 1. The Morgan fingerprint density at radius 2 is 2.00 bits per heavy atom. The Morgan fingerprint density at radius 3 is 2.67 bits per heavy atom. The molecule has 0 rings (SSSR count). The van der Waals surface area contributed by atoms with Crippen LogP contribution in [0.2, 0.25) is 0 Å². The maximum Gasteiger partial charge on any atom is 0.0700 e. The molecule has 1 atom stereocenters. The van der Waals surface area contributed by atoms with Gasteiger partial charge in [-0.1, -0.05) is 6.92 Å². The Balaban J connectivity index is 2.92. The van der Waals surface area contributed by atoms with Crippen molar-refractivity contribution in [3.63, 3.8) is 0 Å². The first-order chi connectivity index (χ1) is 7.31. The number of halogens is 1. The first kappa shape index (κ1) is 15.2. The van der Waals surface area contributed by atoms with Crippen molar-refractivity contribution in [2.45, 2.75) is 19.8 Å². The van der Waals surface area contributed by atoms with Crippen molar-refractivity contribution in [1.82, 2.24) is 5.32 Å². The second-order valence-corrected chi connectivity index (χ2v) is 4.07. The van der Waals surface area contributed by atoms with Gasteiger partial charge in [0.2, 0.25) is 0 Å². The van der Waals surface area contributed by atoms with Crippen LogP contribution in [0.5, 0.6) is 0 Å². The van der Waals surface area contributed by atoms with Crippen LogP contribution in [0.1, 0.15) is 19.8 Å². The van der Waals surface area contributed by atoms with Crippen LogP contribution in [0.25, 0.3) is 0 Å². The van der Waals surface area contributed by atoms with Crippen LogP contribution in [0.3, 0.4) is 0 Å². The highest BCUT2D eigenvalue weighted by atomic mass is 35.5. The Labute approximate surface area is 98.5 Å². The van der Waals surface area contributed by atoms with E-state index in [0.29, 0.717) is 19.1 Å². The Kier molecular flexibility index (Phi) is 12.4. The van der Waals surface area contributed by atoms with Crippen molar-refractivity contribution in [3.8, 4) is 0 Å². The van der Waals surface area contributed by atoms with E-state index in [9.17, 15) is 0 Å². The lowest BCUT2D eigenvalue weighted by Crippen LogP contribution is -2.22. The van der Waals surface area contributed by atoms with Gasteiger partial charge in [0, 0.05) is 19.5 Å². The number of ether oxygens (including phenoxy) is 2. The molecule has 0 heterocycles. The molecule has 0 spiro atoms. The topological polar surface area (TPSA) is 30.5 Å². The van der Waals surface area contributed by atoms with Gasteiger partial charge in [-0.2, -0.15) is 0 Å². The summed E-state index contributed by atoms with van der Waals surface area (Å²) in [6.07, 6.45) is 2.38. The van der Waals surface area contributed by atoms with E-state index in [4.69, 9.17) is 21.1 Å². The zero-order valence-electron chi connectivity index (χ0n) is 9.93. The molecular weight excluding hydrogens is 214 g/mol. The molecule has 0 bridgehead atoms. The number of alkyl halides is 1. The van der Waals surface area contributed by atoms with E-state index in [1.54, 1.807) is 7.11 Å². The molecule has 0 saturated heterocycles. The second kappa shape index (κ2) is 12.2. The molecule has 0 aromatic heterocycles. The van der Waals surface area contributed by atoms with E-state index in [-0.39, 0.29) is 0 Å². The zero-order valence-corrected chi connectivity index (χ0v) is 10.7. The molecule has 0 aliphatic carbocycles. The summed E-state index contributed by atoms with van der Waals surface area (Å²) in [6.45, 7) is 6.26. The molecule has 1 N–H and O–H groups in total. The third kappa shape index (κ3) is 12.1. The third-order valence-corrected chi connectivity index (χ3v) is 2.70. The smallest absolute Gasteiger partial charge is 0.0700 e. The van der Waals surface area contributed by atoms with Crippen molar-refractivity contribution in [2.75, 3.05) is 45.9 Å². The van der Waals surface area contributed by atoms with Crippen molar-refractivity contribution < 1.29 is 9.47 Å². The fourth-order valence-electron chi connectivity index (χ4n) is 1.17. The van der Waals surface area contributed by atoms with Crippen LogP contribution < -0.4 is 5.32 Å². The van der Waals surface area contributed by atoms with E-state index in [1.807, 2.05) is 0 Å². The second-order valence-electron chi connectivity index (χ2n) is 3.76. The summed E-state index contributed by atoms with van der Waals surface area (Å²) in [5.41, 5.74) is 0. The van der Waals surface area contributed by atoms with Crippen LogP contribution in [-0.2, 0) is 9.47 Å². The van der Waals surface area contributed by atoms with Crippen molar-refractivity contribution in [3.05, 3.63) is 0 Å². The standard InChI is InChI=1S/C11H24ClNO2/c1-11(10-12)4-3-5-13-6-7-15-9-8-14-2/h11,13H,3-10H2,1-2H3. The average Bonchev–Trinajstić information content (AvgIpc) is 2.26. The molecule has 1 unspecified atom stereocenters. The van der Waals surface area contributed by atoms with Crippen LogP contribution in [0.15, 0.2) is 0 Å². The largest absolute Gasteiger partial charge is 0.382 e. The molecule has 0 saturated carbocycles. The van der Waals surface area contributed by atoms with Gasteiger partial charge in [-0.05, 0) is 25.3 Å². The normalized spacial score (nSPS) is 13.0. The highest BCUT2D eigenvalue weighted by Gasteiger charge is 1.98. The molecule has 92 valence electrons. The monoisotopic (exact) mass is 237 g/mol. The van der Waals surface area contributed by atoms with Gasteiger partial charge < -0.3 is 14.8 Å². The molecule has 0 radical (unpaired) electrons. The zero-order chi connectivity index (χ0) is 11.4. The van der Waals surface area contributed by atoms with E-state index in [1.165, 1.54) is 12.8 Å². The van der Waals surface area contributed by atoms with Crippen LogP contribution >= 0.6 is 11.6 Å². The summed E-state index contributed by atoms with van der Waals surface area (Å²) >= 11 is 5.71. The van der Waals surface area contributed by atoms with Gasteiger partial charge in [-0.15, -0.1) is 11.6 Å². The summed E-state index contributed by atoms with van der Waals surface area (Å²) in [4.78, 5) is 0. The maximum atomic E-state index is 5.71. The summed E-state index contributed by atoms with van der Waals surface area (Å²) in [7, 11) is 1.68. The molecule has 3 nitrogen and oxygen atoms in total. The fraction of sp³-hybridized carbons (Fsp3) is 1.00. The Hall–Kier alpha value is 0.170. The molecule has 0 aliphatic rings. The van der Waals surface area contributed by atoms with E-state index in [0.717, 1.165) is 25.6 Å². The number of rotatable bonds is 11. The quantitative estimate of drug-likeness (QED) is 0.440. The maximum absolute atomic E-state index is 5.71. The van der Waals surface area contributed by atoms with Gasteiger partial charge in [-0.3, -0.25) is 0 Å². The summed E-state index contributed by atoms with van der Waals surface area (Å²) in [5, 5.41) is 3.33.